The second kappa shape index (κ2) is 4.66. The van der Waals surface area contributed by atoms with Crippen LogP contribution in [0.2, 0.25) is 0 Å². The van der Waals surface area contributed by atoms with Gasteiger partial charge in [0, 0.05) is 5.56 Å². The molecule has 1 aromatic heterocycles. The Bertz CT molecular complexity index is 409. The summed E-state index contributed by atoms with van der Waals surface area (Å²) in [5, 5.41) is 0. The van der Waals surface area contributed by atoms with Crippen LogP contribution in [0.3, 0.4) is 0 Å². The van der Waals surface area contributed by atoms with Crippen LogP contribution in [0, 0.1) is 0 Å². The topological polar surface area (TPSA) is 48.4 Å². The number of hydrogen-bond donors (Lipinski definition) is 1. The van der Waals surface area contributed by atoms with Crippen molar-refractivity contribution >= 4 is 0 Å². The van der Waals surface area contributed by atoms with Crippen molar-refractivity contribution in [2.24, 2.45) is 5.73 Å². The quantitative estimate of drug-likeness (QED) is 0.829. The average molecular weight is 203 g/mol. The van der Waals surface area contributed by atoms with Gasteiger partial charge in [-0.2, -0.15) is 0 Å². The third kappa shape index (κ3) is 2.39. The summed E-state index contributed by atoms with van der Waals surface area (Å²) in [4.78, 5) is 0. The lowest BCUT2D eigenvalue weighted by molar-refractivity contribution is 0.302. The molecular formula is C12H13NO2. The van der Waals surface area contributed by atoms with Crippen LogP contribution in [0.5, 0.6) is 5.75 Å². The van der Waals surface area contributed by atoms with Gasteiger partial charge in [0.05, 0.1) is 12.8 Å². The molecule has 0 amide bonds. The third-order valence-corrected chi connectivity index (χ3v) is 2.16. The van der Waals surface area contributed by atoms with Gasteiger partial charge in [-0.15, -0.1) is 0 Å². The summed E-state index contributed by atoms with van der Waals surface area (Å²) in [6.45, 7) is 0.896. The Morgan fingerprint density at radius 2 is 1.93 bits per heavy atom. The van der Waals surface area contributed by atoms with E-state index in [1.807, 2.05) is 36.4 Å². The second-order valence-electron chi connectivity index (χ2n) is 3.17. The van der Waals surface area contributed by atoms with Crippen molar-refractivity contribution in [3.05, 3.63) is 54.0 Å². The summed E-state index contributed by atoms with van der Waals surface area (Å²) in [6, 6.07) is 11.6. The summed E-state index contributed by atoms with van der Waals surface area (Å²) in [5.41, 5.74) is 6.52. The summed E-state index contributed by atoms with van der Waals surface area (Å²) >= 11 is 0. The van der Waals surface area contributed by atoms with Crippen molar-refractivity contribution in [1.29, 1.82) is 0 Å². The first-order chi connectivity index (χ1) is 7.40. The van der Waals surface area contributed by atoms with Crippen molar-refractivity contribution in [1.82, 2.24) is 0 Å². The Morgan fingerprint density at radius 1 is 1.13 bits per heavy atom. The number of nitrogens with two attached hydrogens (primary N) is 1. The highest BCUT2D eigenvalue weighted by Crippen LogP contribution is 2.14. The number of para-hydroxylation sites is 1. The Morgan fingerprint density at radius 3 is 2.67 bits per heavy atom. The van der Waals surface area contributed by atoms with E-state index in [1.54, 1.807) is 6.26 Å². The van der Waals surface area contributed by atoms with Crippen LogP contribution < -0.4 is 10.5 Å². The number of hydrogen-bond acceptors (Lipinski definition) is 3. The first-order valence-corrected chi connectivity index (χ1v) is 4.83. The molecule has 0 spiro atoms. The molecule has 0 aliphatic rings. The van der Waals surface area contributed by atoms with Gasteiger partial charge in [0.25, 0.3) is 0 Å². The minimum Gasteiger partial charge on any atom is -0.489 e. The second-order valence-corrected chi connectivity index (χ2v) is 3.17. The number of rotatable bonds is 4. The van der Waals surface area contributed by atoms with Gasteiger partial charge in [-0.05, 0) is 18.2 Å². The van der Waals surface area contributed by atoms with Crippen molar-refractivity contribution in [3.63, 3.8) is 0 Å². The molecule has 0 saturated heterocycles. The van der Waals surface area contributed by atoms with Gasteiger partial charge in [-0.25, -0.2) is 0 Å². The monoisotopic (exact) mass is 203 g/mol. The average Bonchev–Trinajstić information content (AvgIpc) is 2.75. The molecule has 0 unspecified atom stereocenters. The van der Waals surface area contributed by atoms with Crippen LogP contribution in [-0.2, 0) is 13.2 Å². The predicted molar refractivity (Wildman–Crippen MR) is 57.4 cm³/mol. The van der Waals surface area contributed by atoms with Crippen molar-refractivity contribution in [2.45, 2.75) is 13.2 Å². The van der Waals surface area contributed by atoms with Crippen molar-refractivity contribution in [2.75, 3.05) is 0 Å². The standard InChI is InChI=1S/C12H13NO2/c13-8-12-10(6-7-14-12)9-15-11-4-2-1-3-5-11/h1-7H,8-9,13H2. The molecule has 0 aliphatic heterocycles. The molecule has 0 radical (unpaired) electrons. The molecule has 2 N–H and O–H groups in total. The number of benzene rings is 1. The highest BCUT2D eigenvalue weighted by atomic mass is 16.5. The molecule has 0 saturated carbocycles. The normalized spacial score (nSPS) is 10.2. The summed E-state index contributed by atoms with van der Waals surface area (Å²) in [5.74, 6) is 1.63. The smallest absolute Gasteiger partial charge is 0.123 e. The zero-order valence-corrected chi connectivity index (χ0v) is 8.35. The van der Waals surface area contributed by atoms with E-state index in [-0.39, 0.29) is 0 Å². The maximum absolute atomic E-state index is 5.58. The summed E-state index contributed by atoms with van der Waals surface area (Å²) < 4.78 is 10.8. The van der Waals surface area contributed by atoms with Gasteiger partial charge in [-0.3, -0.25) is 0 Å². The maximum Gasteiger partial charge on any atom is 0.123 e. The fourth-order valence-corrected chi connectivity index (χ4v) is 1.35. The van der Waals surface area contributed by atoms with Gasteiger partial charge in [0.1, 0.15) is 18.1 Å². The molecule has 0 atom stereocenters. The van der Waals surface area contributed by atoms with E-state index in [4.69, 9.17) is 14.9 Å². The van der Waals surface area contributed by atoms with Crippen LogP contribution in [0.1, 0.15) is 11.3 Å². The fraction of sp³-hybridized carbons (Fsp3) is 0.167. The molecule has 3 heteroatoms. The van der Waals surface area contributed by atoms with Gasteiger partial charge in [-0.1, -0.05) is 18.2 Å². The summed E-state index contributed by atoms with van der Waals surface area (Å²) in [7, 11) is 0. The van der Waals surface area contributed by atoms with Gasteiger partial charge >= 0.3 is 0 Å². The van der Waals surface area contributed by atoms with Gasteiger partial charge in [0.2, 0.25) is 0 Å². The van der Waals surface area contributed by atoms with E-state index in [0.717, 1.165) is 17.1 Å². The van der Waals surface area contributed by atoms with Crippen LogP contribution in [-0.4, -0.2) is 0 Å². The molecule has 0 bridgehead atoms. The molecule has 1 heterocycles. The molecule has 78 valence electrons. The van der Waals surface area contributed by atoms with E-state index in [0.29, 0.717) is 13.2 Å². The van der Waals surface area contributed by atoms with E-state index in [2.05, 4.69) is 0 Å². The summed E-state index contributed by atoms with van der Waals surface area (Å²) in [6.07, 6.45) is 1.63. The van der Waals surface area contributed by atoms with E-state index >= 15 is 0 Å². The molecule has 2 aromatic rings. The molecular weight excluding hydrogens is 190 g/mol. The molecule has 2 rings (SSSR count). The largest absolute Gasteiger partial charge is 0.489 e. The predicted octanol–water partition coefficient (Wildman–Crippen LogP) is 2.32. The SMILES string of the molecule is NCc1occc1COc1ccccc1. The molecule has 0 fully saturated rings. The highest BCUT2D eigenvalue weighted by molar-refractivity contribution is 5.22. The van der Waals surface area contributed by atoms with Crippen molar-refractivity contribution in [3.8, 4) is 5.75 Å². The molecule has 1 aromatic carbocycles. The lowest BCUT2D eigenvalue weighted by Crippen LogP contribution is -2.01. The molecule has 3 nitrogen and oxygen atoms in total. The van der Waals surface area contributed by atoms with E-state index < -0.39 is 0 Å². The number of furan rings is 1. The minimum atomic E-state index is 0.403. The first-order valence-electron chi connectivity index (χ1n) is 4.83. The maximum atomic E-state index is 5.58. The van der Waals surface area contributed by atoms with Crippen LogP contribution in [0.25, 0.3) is 0 Å². The fourth-order valence-electron chi connectivity index (χ4n) is 1.35. The molecule has 0 aliphatic carbocycles. The Balaban J connectivity index is 1.99. The zero-order chi connectivity index (χ0) is 10.5. The molecule has 15 heavy (non-hydrogen) atoms. The van der Waals surface area contributed by atoms with Gasteiger partial charge in [0.15, 0.2) is 0 Å². The van der Waals surface area contributed by atoms with Crippen LogP contribution >= 0.6 is 0 Å². The van der Waals surface area contributed by atoms with E-state index in [1.165, 1.54) is 0 Å². The van der Waals surface area contributed by atoms with E-state index in [9.17, 15) is 0 Å². The first kappa shape index (κ1) is 9.80. The van der Waals surface area contributed by atoms with Crippen molar-refractivity contribution < 1.29 is 9.15 Å². The minimum absolute atomic E-state index is 0.403. The number of ether oxygens (including phenoxy) is 1. The Labute approximate surface area is 88.5 Å². The third-order valence-electron chi connectivity index (χ3n) is 2.16. The Kier molecular flexibility index (Phi) is 3.05. The lowest BCUT2D eigenvalue weighted by Gasteiger charge is -2.04. The van der Waals surface area contributed by atoms with Crippen LogP contribution in [0.4, 0.5) is 0 Å². The lowest BCUT2D eigenvalue weighted by atomic mass is 10.2. The van der Waals surface area contributed by atoms with Gasteiger partial charge < -0.3 is 14.9 Å². The zero-order valence-electron chi connectivity index (χ0n) is 8.35. The highest BCUT2D eigenvalue weighted by Gasteiger charge is 2.04. The van der Waals surface area contributed by atoms with Crippen LogP contribution in [0.15, 0.2) is 47.1 Å². The Hall–Kier alpha value is -1.74.